The van der Waals surface area contributed by atoms with Crippen molar-refractivity contribution in [2.24, 2.45) is 0 Å². The van der Waals surface area contributed by atoms with Crippen molar-refractivity contribution in [3.05, 3.63) is 28.7 Å². The highest BCUT2D eigenvalue weighted by Gasteiger charge is 2.01. The van der Waals surface area contributed by atoms with Gasteiger partial charge >= 0.3 is 5.76 Å². The number of oxazole rings is 1. The molecule has 0 fully saturated rings. The average Bonchev–Trinajstić information content (AvgIpc) is 2.31. The number of aromatic nitrogens is 1. The lowest BCUT2D eigenvalue weighted by molar-refractivity contribution is 0.550. The van der Waals surface area contributed by atoms with Crippen LogP contribution in [-0.2, 0) is 0 Å². The van der Waals surface area contributed by atoms with E-state index in [4.69, 9.17) is 4.42 Å². The zero-order valence-electron chi connectivity index (χ0n) is 5.50. The van der Waals surface area contributed by atoms with Gasteiger partial charge in [-0.25, -0.2) is 4.79 Å². The van der Waals surface area contributed by atoms with E-state index in [2.05, 4.69) is 17.6 Å². The van der Waals surface area contributed by atoms with E-state index in [9.17, 15) is 4.79 Å². The zero-order chi connectivity index (χ0) is 7.84. The van der Waals surface area contributed by atoms with Crippen molar-refractivity contribution in [2.45, 2.75) is 4.90 Å². The number of nitrogens with one attached hydrogen (secondary N) is 1. The number of H-pyrrole nitrogens is 1. The lowest BCUT2D eigenvalue weighted by Crippen LogP contribution is -1.92. The fraction of sp³-hybridized carbons (Fsp3) is 0. The number of hydrogen-bond donors (Lipinski definition) is 2. The molecule has 3 nitrogen and oxygen atoms in total. The van der Waals surface area contributed by atoms with E-state index in [1.54, 1.807) is 18.2 Å². The Balaban J connectivity index is 3.01. The highest BCUT2D eigenvalue weighted by molar-refractivity contribution is 7.80. The minimum absolute atomic E-state index is 0.443. The first-order valence-corrected chi connectivity index (χ1v) is 3.53. The molecule has 11 heavy (non-hydrogen) atoms. The number of hydrogen-bond acceptors (Lipinski definition) is 3. The van der Waals surface area contributed by atoms with E-state index in [1.165, 1.54) is 0 Å². The smallest absolute Gasteiger partial charge is 0.407 e. The first-order valence-electron chi connectivity index (χ1n) is 3.08. The molecule has 0 aliphatic heterocycles. The second kappa shape index (κ2) is 2.17. The quantitative estimate of drug-likeness (QED) is 0.583. The molecule has 0 unspecified atom stereocenters. The summed E-state index contributed by atoms with van der Waals surface area (Å²) in [5.74, 6) is -0.443. The minimum atomic E-state index is -0.443. The molecular formula is C7H5NO2S. The topological polar surface area (TPSA) is 46.0 Å². The third kappa shape index (κ3) is 0.952. The second-order valence-electron chi connectivity index (χ2n) is 2.17. The summed E-state index contributed by atoms with van der Waals surface area (Å²) < 4.78 is 4.81. The average molecular weight is 167 g/mol. The number of thiol groups is 1. The standard InChI is InChI=1S/C7H5NO2S/c9-7-8-4-2-1-3-5(11)6(4)10-7/h1-3,11H,(H,8,9). The van der Waals surface area contributed by atoms with Crippen LogP contribution >= 0.6 is 12.6 Å². The lowest BCUT2D eigenvalue weighted by atomic mass is 10.3. The van der Waals surface area contributed by atoms with Gasteiger partial charge in [-0.2, -0.15) is 0 Å². The molecule has 0 radical (unpaired) electrons. The first kappa shape index (κ1) is 6.54. The van der Waals surface area contributed by atoms with E-state index in [0.717, 1.165) is 0 Å². The van der Waals surface area contributed by atoms with Crippen LogP contribution in [0.5, 0.6) is 0 Å². The molecule has 0 spiro atoms. The van der Waals surface area contributed by atoms with Crippen molar-refractivity contribution in [1.82, 2.24) is 4.98 Å². The molecule has 2 rings (SSSR count). The summed E-state index contributed by atoms with van der Waals surface area (Å²) in [6.45, 7) is 0. The summed E-state index contributed by atoms with van der Waals surface area (Å²) in [5, 5.41) is 0. The van der Waals surface area contributed by atoms with Crippen LogP contribution in [0.3, 0.4) is 0 Å². The van der Waals surface area contributed by atoms with Crippen LogP contribution < -0.4 is 5.76 Å². The molecule has 1 aromatic carbocycles. The van der Waals surface area contributed by atoms with Gasteiger partial charge in [-0.1, -0.05) is 6.07 Å². The number of benzene rings is 1. The van der Waals surface area contributed by atoms with Gasteiger partial charge in [-0.3, -0.25) is 4.98 Å². The number of para-hydroxylation sites is 1. The summed E-state index contributed by atoms with van der Waals surface area (Å²) in [6.07, 6.45) is 0. The van der Waals surface area contributed by atoms with Gasteiger partial charge in [0, 0.05) is 4.90 Å². The molecule has 0 saturated heterocycles. The zero-order valence-corrected chi connectivity index (χ0v) is 6.39. The fourth-order valence-corrected chi connectivity index (χ4v) is 1.21. The maximum Gasteiger partial charge on any atom is 0.417 e. The molecule has 0 aliphatic carbocycles. The van der Waals surface area contributed by atoms with Crippen molar-refractivity contribution in [3.8, 4) is 0 Å². The summed E-state index contributed by atoms with van der Waals surface area (Å²) in [5.41, 5.74) is 1.20. The van der Waals surface area contributed by atoms with Crippen molar-refractivity contribution in [3.63, 3.8) is 0 Å². The molecule has 1 aromatic heterocycles. The highest BCUT2D eigenvalue weighted by atomic mass is 32.1. The lowest BCUT2D eigenvalue weighted by Gasteiger charge is -1.88. The number of rotatable bonds is 0. The molecule has 0 atom stereocenters. The first-order chi connectivity index (χ1) is 5.27. The third-order valence-corrected chi connectivity index (χ3v) is 1.78. The molecule has 0 amide bonds. The van der Waals surface area contributed by atoms with Crippen LogP contribution in [0.15, 0.2) is 32.3 Å². The van der Waals surface area contributed by atoms with Gasteiger partial charge in [-0.15, -0.1) is 12.6 Å². The van der Waals surface area contributed by atoms with Crippen molar-refractivity contribution in [2.75, 3.05) is 0 Å². The van der Waals surface area contributed by atoms with Gasteiger partial charge in [0.05, 0.1) is 5.52 Å². The third-order valence-electron chi connectivity index (χ3n) is 1.43. The Labute approximate surface area is 67.4 Å². The molecule has 1 heterocycles. The van der Waals surface area contributed by atoms with Gasteiger partial charge in [0.25, 0.3) is 0 Å². The second-order valence-corrected chi connectivity index (χ2v) is 2.65. The minimum Gasteiger partial charge on any atom is -0.407 e. The normalized spacial score (nSPS) is 10.6. The maximum absolute atomic E-state index is 10.7. The Bertz CT molecular complexity index is 443. The summed E-state index contributed by atoms with van der Waals surface area (Å²) in [7, 11) is 0. The molecular weight excluding hydrogens is 162 g/mol. The van der Waals surface area contributed by atoms with Gasteiger partial charge in [0.1, 0.15) is 0 Å². The largest absolute Gasteiger partial charge is 0.417 e. The Morgan fingerprint density at radius 3 is 3.00 bits per heavy atom. The van der Waals surface area contributed by atoms with Crippen LogP contribution in [0.25, 0.3) is 11.1 Å². The van der Waals surface area contributed by atoms with E-state index in [-0.39, 0.29) is 0 Å². The highest BCUT2D eigenvalue weighted by Crippen LogP contribution is 2.17. The van der Waals surface area contributed by atoms with Crippen LogP contribution in [-0.4, -0.2) is 4.98 Å². The van der Waals surface area contributed by atoms with E-state index >= 15 is 0 Å². The Kier molecular flexibility index (Phi) is 1.29. The maximum atomic E-state index is 10.7. The summed E-state index contributed by atoms with van der Waals surface area (Å²) >= 11 is 4.11. The van der Waals surface area contributed by atoms with Gasteiger partial charge in [0.2, 0.25) is 0 Å². The van der Waals surface area contributed by atoms with Crippen molar-refractivity contribution >= 4 is 23.7 Å². The number of fused-ring (bicyclic) bond motifs is 1. The number of aromatic amines is 1. The Morgan fingerprint density at radius 2 is 2.27 bits per heavy atom. The van der Waals surface area contributed by atoms with Crippen molar-refractivity contribution < 1.29 is 4.42 Å². The molecule has 2 aromatic rings. The Hall–Kier alpha value is -1.16. The predicted molar refractivity (Wildman–Crippen MR) is 44.1 cm³/mol. The predicted octanol–water partition coefficient (Wildman–Crippen LogP) is 1.41. The molecule has 4 heteroatoms. The molecule has 56 valence electrons. The summed E-state index contributed by atoms with van der Waals surface area (Å²) in [4.78, 5) is 13.9. The van der Waals surface area contributed by atoms with Gasteiger partial charge in [-0.05, 0) is 12.1 Å². The van der Waals surface area contributed by atoms with E-state index in [0.29, 0.717) is 16.0 Å². The molecule has 1 N–H and O–H groups in total. The van der Waals surface area contributed by atoms with Gasteiger partial charge in [0.15, 0.2) is 5.58 Å². The monoisotopic (exact) mass is 167 g/mol. The summed E-state index contributed by atoms with van der Waals surface area (Å²) in [6, 6.07) is 5.33. The van der Waals surface area contributed by atoms with Crippen molar-refractivity contribution in [1.29, 1.82) is 0 Å². The van der Waals surface area contributed by atoms with Crippen LogP contribution in [0.2, 0.25) is 0 Å². The van der Waals surface area contributed by atoms with Gasteiger partial charge < -0.3 is 4.42 Å². The SMILES string of the molecule is O=c1[nH]c2cccc(S)c2o1. The molecule has 0 saturated carbocycles. The van der Waals surface area contributed by atoms with Crippen LogP contribution in [0, 0.1) is 0 Å². The van der Waals surface area contributed by atoms with E-state index < -0.39 is 5.76 Å². The van der Waals surface area contributed by atoms with E-state index in [1.807, 2.05) is 0 Å². The fourth-order valence-electron chi connectivity index (χ4n) is 0.959. The molecule has 0 aliphatic rings. The Morgan fingerprint density at radius 1 is 1.45 bits per heavy atom. The van der Waals surface area contributed by atoms with Crippen LogP contribution in [0.1, 0.15) is 0 Å². The molecule has 0 bridgehead atoms. The van der Waals surface area contributed by atoms with Crippen LogP contribution in [0.4, 0.5) is 0 Å².